The predicted octanol–water partition coefficient (Wildman–Crippen LogP) is 3.18. The highest BCUT2D eigenvalue weighted by Crippen LogP contribution is 2.29. The van der Waals surface area contributed by atoms with E-state index >= 15 is 0 Å². The second kappa shape index (κ2) is 6.33. The molecule has 0 unspecified atom stereocenters. The van der Waals surface area contributed by atoms with Gasteiger partial charge in [0.2, 0.25) is 0 Å². The van der Waals surface area contributed by atoms with Gasteiger partial charge in [0.25, 0.3) is 5.56 Å². The molecule has 0 spiro atoms. The van der Waals surface area contributed by atoms with Gasteiger partial charge in [-0.3, -0.25) is 14.7 Å². The molecule has 0 saturated heterocycles. The summed E-state index contributed by atoms with van der Waals surface area (Å²) in [6, 6.07) is 17.8. The third-order valence-corrected chi connectivity index (χ3v) is 4.19. The van der Waals surface area contributed by atoms with Crippen LogP contribution in [0.3, 0.4) is 0 Å². The molecule has 0 amide bonds. The largest absolute Gasteiger partial charge is 0.496 e. The summed E-state index contributed by atoms with van der Waals surface area (Å²) in [5.41, 5.74) is 3.77. The van der Waals surface area contributed by atoms with Crippen molar-refractivity contribution in [2.24, 2.45) is 0 Å². The molecule has 0 atom stereocenters. The lowest BCUT2D eigenvalue weighted by molar-refractivity contribution is 0.112. The number of aromatic nitrogens is 3. The van der Waals surface area contributed by atoms with Gasteiger partial charge in [-0.1, -0.05) is 36.4 Å². The minimum atomic E-state index is -0.217. The van der Waals surface area contributed by atoms with E-state index < -0.39 is 0 Å². The fraction of sp³-hybridized carbons (Fsp3) is 0.0500. The number of carbonyl (C=O) groups is 1. The lowest BCUT2D eigenvalue weighted by atomic mass is 10.1. The molecule has 6 nitrogen and oxygen atoms in total. The van der Waals surface area contributed by atoms with Gasteiger partial charge in [0.15, 0.2) is 5.65 Å². The number of nitrogens with one attached hydrogen (secondary N) is 1. The van der Waals surface area contributed by atoms with Gasteiger partial charge in [-0.2, -0.15) is 0 Å². The predicted molar refractivity (Wildman–Crippen MR) is 98.6 cm³/mol. The van der Waals surface area contributed by atoms with Crippen LogP contribution in [0.25, 0.3) is 28.2 Å². The average molecular weight is 345 g/mol. The van der Waals surface area contributed by atoms with Crippen LogP contribution in [0.2, 0.25) is 0 Å². The summed E-state index contributed by atoms with van der Waals surface area (Å²) in [6.07, 6.45) is 0.779. The van der Waals surface area contributed by atoms with Crippen LogP contribution in [0.5, 0.6) is 5.75 Å². The van der Waals surface area contributed by atoms with E-state index in [1.165, 1.54) is 10.6 Å². The van der Waals surface area contributed by atoms with Gasteiger partial charge in [0.1, 0.15) is 12.0 Å². The molecule has 2 aromatic carbocycles. The number of benzene rings is 2. The smallest absolute Gasteiger partial charge is 0.273 e. The molecule has 1 N–H and O–H groups in total. The molecule has 0 fully saturated rings. The number of aromatic amines is 1. The van der Waals surface area contributed by atoms with Crippen LogP contribution in [0.1, 0.15) is 10.4 Å². The standard InChI is InChI=1S/C20H15N3O3/c1-26-18-5-3-2-4-15(18)17-10-19-21-16(11-20(25)23(19)22-17)14-8-6-13(12-24)7-9-14/h2-12,22H,1H3. The average Bonchev–Trinajstić information content (AvgIpc) is 3.12. The molecule has 0 aliphatic carbocycles. The third kappa shape index (κ3) is 2.67. The van der Waals surface area contributed by atoms with Gasteiger partial charge >= 0.3 is 0 Å². The molecule has 0 aliphatic rings. The van der Waals surface area contributed by atoms with Gasteiger partial charge in [0.05, 0.1) is 18.5 Å². The lowest BCUT2D eigenvalue weighted by Crippen LogP contribution is -2.14. The fourth-order valence-corrected chi connectivity index (χ4v) is 2.88. The van der Waals surface area contributed by atoms with Crippen molar-refractivity contribution in [3.8, 4) is 28.3 Å². The van der Waals surface area contributed by atoms with E-state index in [2.05, 4.69) is 10.1 Å². The number of nitrogens with zero attached hydrogens (tertiary/aromatic N) is 2. The molecule has 0 bridgehead atoms. The number of hydrogen-bond donors (Lipinski definition) is 1. The molecule has 128 valence electrons. The number of ether oxygens (including phenoxy) is 1. The van der Waals surface area contributed by atoms with Crippen LogP contribution < -0.4 is 10.3 Å². The van der Waals surface area contributed by atoms with Crippen LogP contribution in [0, 0.1) is 0 Å². The Hall–Kier alpha value is -3.67. The molecule has 2 aromatic heterocycles. The number of H-pyrrole nitrogens is 1. The highest BCUT2D eigenvalue weighted by atomic mass is 16.5. The third-order valence-electron chi connectivity index (χ3n) is 4.19. The van der Waals surface area contributed by atoms with Crippen LogP contribution in [-0.2, 0) is 0 Å². The van der Waals surface area contributed by atoms with Crippen molar-refractivity contribution in [2.45, 2.75) is 0 Å². The number of hydrogen-bond acceptors (Lipinski definition) is 4. The fourth-order valence-electron chi connectivity index (χ4n) is 2.88. The quantitative estimate of drug-likeness (QED) is 0.576. The van der Waals surface area contributed by atoms with Gasteiger partial charge in [0, 0.05) is 28.8 Å². The Morgan fingerprint density at radius 1 is 1.08 bits per heavy atom. The maximum atomic E-state index is 12.5. The summed E-state index contributed by atoms with van der Waals surface area (Å²) in [4.78, 5) is 27.9. The number of rotatable bonds is 4. The number of para-hydroxylation sites is 1. The van der Waals surface area contributed by atoms with E-state index in [9.17, 15) is 9.59 Å². The molecule has 0 aliphatic heterocycles. The zero-order chi connectivity index (χ0) is 18.1. The molecular weight excluding hydrogens is 330 g/mol. The molecule has 26 heavy (non-hydrogen) atoms. The van der Waals surface area contributed by atoms with E-state index in [1.54, 1.807) is 31.4 Å². The molecule has 2 heterocycles. The molecular formula is C20H15N3O3. The minimum Gasteiger partial charge on any atom is -0.496 e. The van der Waals surface area contributed by atoms with Gasteiger partial charge in [-0.05, 0) is 12.1 Å². The zero-order valence-corrected chi connectivity index (χ0v) is 14.0. The van der Waals surface area contributed by atoms with Crippen molar-refractivity contribution in [3.63, 3.8) is 0 Å². The van der Waals surface area contributed by atoms with E-state index in [0.717, 1.165) is 23.1 Å². The number of fused-ring (bicyclic) bond motifs is 1. The van der Waals surface area contributed by atoms with E-state index in [4.69, 9.17) is 4.74 Å². The molecule has 6 heteroatoms. The summed E-state index contributed by atoms with van der Waals surface area (Å²) in [5, 5.41) is 3.07. The van der Waals surface area contributed by atoms with Crippen LogP contribution >= 0.6 is 0 Å². The minimum absolute atomic E-state index is 0.217. The molecule has 0 saturated carbocycles. The Morgan fingerprint density at radius 3 is 2.58 bits per heavy atom. The molecule has 4 rings (SSSR count). The maximum absolute atomic E-state index is 12.5. The number of methoxy groups -OCH3 is 1. The Morgan fingerprint density at radius 2 is 1.85 bits per heavy atom. The normalized spacial score (nSPS) is 10.8. The van der Waals surface area contributed by atoms with Crippen molar-refractivity contribution < 1.29 is 9.53 Å². The number of aldehydes is 1. The van der Waals surface area contributed by atoms with E-state index in [-0.39, 0.29) is 5.56 Å². The van der Waals surface area contributed by atoms with Crippen molar-refractivity contribution >= 4 is 11.9 Å². The SMILES string of the molecule is COc1ccccc1-c1cc2nc(-c3ccc(C=O)cc3)cc(=O)n2[nH]1. The first-order valence-electron chi connectivity index (χ1n) is 8.01. The van der Waals surface area contributed by atoms with Crippen LogP contribution in [0.4, 0.5) is 0 Å². The summed E-state index contributed by atoms with van der Waals surface area (Å²) >= 11 is 0. The highest BCUT2D eigenvalue weighted by Gasteiger charge is 2.12. The molecule has 0 radical (unpaired) electrons. The van der Waals surface area contributed by atoms with Crippen molar-refractivity contribution in [1.82, 2.24) is 14.6 Å². The van der Waals surface area contributed by atoms with E-state index in [1.807, 2.05) is 30.3 Å². The monoisotopic (exact) mass is 345 g/mol. The maximum Gasteiger partial charge on any atom is 0.273 e. The second-order valence-corrected chi connectivity index (χ2v) is 5.78. The van der Waals surface area contributed by atoms with Crippen molar-refractivity contribution in [1.29, 1.82) is 0 Å². The summed E-state index contributed by atoms with van der Waals surface area (Å²) in [6.45, 7) is 0. The number of carbonyl (C=O) groups excluding carboxylic acids is 1. The topological polar surface area (TPSA) is 76.5 Å². The van der Waals surface area contributed by atoms with Crippen molar-refractivity contribution in [3.05, 3.63) is 76.6 Å². The summed E-state index contributed by atoms with van der Waals surface area (Å²) < 4.78 is 6.78. The Kier molecular flexibility index (Phi) is 3.85. The van der Waals surface area contributed by atoms with Crippen LogP contribution in [0.15, 0.2) is 65.5 Å². The Labute approximate surface area is 148 Å². The van der Waals surface area contributed by atoms with Crippen molar-refractivity contribution in [2.75, 3.05) is 7.11 Å². The highest BCUT2D eigenvalue weighted by molar-refractivity contribution is 5.77. The lowest BCUT2D eigenvalue weighted by Gasteiger charge is -2.05. The molecule has 4 aromatic rings. The van der Waals surface area contributed by atoms with Crippen LogP contribution in [-0.4, -0.2) is 28.0 Å². The first-order valence-corrected chi connectivity index (χ1v) is 8.01. The van der Waals surface area contributed by atoms with E-state index in [0.29, 0.717) is 22.7 Å². The second-order valence-electron chi connectivity index (χ2n) is 5.78. The van der Waals surface area contributed by atoms with Gasteiger partial charge < -0.3 is 4.74 Å². The summed E-state index contributed by atoms with van der Waals surface area (Å²) in [7, 11) is 1.60. The first-order chi connectivity index (χ1) is 12.7. The Balaban J connectivity index is 1.85. The first kappa shape index (κ1) is 15.8. The zero-order valence-electron chi connectivity index (χ0n) is 14.0. The Bertz CT molecular complexity index is 1160. The van der Waals surface area contributed by atoms with Gasteiger partial charge in [-0.15, -0.1) is 0 Å². The summed E-state index contributed by atoms with van der Waals surface area (Å²) in [5.74, 6) is 0.705. The van der Waals surface area contributed by atoms with Gasteiger partial charge in [-0.25, -0.2) is 9.50 Å².